The van der Waals surface area contributed by atoms with Gasteiger partial charge in [0.05, 0.1) is 11.7 Å². The van der Waals surface area contributed by atoms with Crippen LogP contribution in [0.15, 0.2) is 41.5 Å². The van der Waals surface area contributed by atoms with E-state index in [0.29, 0.717) is 16.8 Å². The first-order valence-corrected chi connectivity index (χ1v) is 9.80. The van der Waals surface area contributed by atoms with Crippen molar-refractivity contribution in [3.8, 4) is 11.1 Å². The molecule has 0 atom stereocenters. The maximum atomic E-state index is 13.0. The van der Waals surface area contributed by atoms with Crippen molar-refractivity contribution in [1.82, 2.24) is 20.2 Å². The molecule has 3 aromatic rings. The van der Waals surface area contributed by atoms with Gasteiger partial charge in [-0.25, -0.2) is 9.78 Å². The Labute approximate surface area is 166 Å². The highest BCUT2D eigenvalue weighted by atomic mass is 32.1. The molecule has 2 heterocycles. The van der Waals surface area contributed by atoms with Gasteiger partial charge in [-0.2, -0.15) is 0 Å². The van der Waals surface area contributed by atoms with Crippen molar-refractivity contribution in [1.29, 1.82) is 0 Å². The summed E-state index contributed by atoms with van der Waals surface area (Å²) in [6, 6.07) is 9.05. The average Bonchev–Trinajstić information content (AvgIpc) is 3.00. The number of carbonyl (C=O) groups is 2. The maximum Gasteiger partial charge on any atom is 0.321 e. The third-order valence-electron chi connectivity index (χ3n) is 4.16. The molecule has 28 heavy (non-hydrogen) atoms. The number of rotatable bonds is 5. The van der Waals surface area contributed by atoms with E-state index in [9.17, 15) is 14.4 Å². The van der Waals surface area contributed by atoms with E-state index < -0.39 is 11.9 Å². The fourth-order valence-corrected chi connectivity index (χ4v) is 3.87. The van der Waals surface area contributed by atoms with Crippen molar-refractivity contribution >= 4 is 33.5 Å². The Morgan fingerprint density at radius 1 is 1.21 bits per heavy atom. The Morgan fingerprint density at radius 2 is 1.93 bits per heavy atom. The molecule has 0 aliphatic rings. The Hall–Kier alpha value is -3.00. The number of aryl methyl sites for hydroxylation is 1. The van der Waals surface area contributed by atoms with Gasteiger partial charge < -0.3 is 5.32 Å². The van der Waals surface area contributed by atoms with Crippen LogP contribution in [-0.2, 0) is 11.3 Å². The van der Waals surface area contributed by atoms with Crippen molar-refractivity contribution in [2.24, 2.45) is 5.92 Å². The van der Waals surface area contributed by atoms with Crippen LogP contribution in [0.5, 0.6) is 0 Å². The molecular formula is C20H22N4O3S. The Bertz CT molecular complexity index is 1070. The van der Waals surface area contributed by atoms with Gasteiger partial charge in [-0.1, -0.05) is 44.2 Å². The van der Waals surface area contributed by atoms with Crippen LogP contribution in [0.3, 0.4) is 0 Å². The normalized spacial score (nSPS) is 11.0. The number of hydrogen-bond acceptors (Lipinski definition) is 5. The first kappa shape index (κ1) is 19.8. The molecule has 0 saturated heterocycles. The van der Waals surface area contributed by atoms with E-state index in [1.165, 1.54) is 22.2 Å². The minimum atomic E-state index is -0.572. The summed E-state index contributed by atoms with van der Waals surface area (Å²) in [5, 5.41) is 5.34. The summed E-state index contributed by atoms with van der Waals surface area (Å²) in [7, 11) is 0. The molecule has 0 bridgehead atoms. The first-order valence-electron chi connectivity index (χ1n) is 8.98. The molecule has 0 aliphatic carbocycles. The molecular weight excluding hydrogens is 376 g/mol. The van der Waals surface area contributed by atoms with E-state index in [4.69, 9.17) is 0 Å². The van der Waals surface area contributed by atoms with Crippen molar-refractivity contribution < 1.29 is 9.59 Å². The summed E-state index contributed by atoms with van der Waals surface area (Å²) in [4.78, 5) is 42.9. The highest BCUT2D eigenvalue weighted by Crippen LogP contribution is 2.35. The second kappa shape index (κ2) is 8.35. The molecule has 0 unspecified atom stereocenters. The molecule has 146 valence electrons. The van der Waals surface area contributed by atoms with Gasteiger partial charge in [0.25, 0.3) is 5.56 Å². The number of nitrogens with one attached hydrogen (secondary N) is 2. The number of thiophene rings is 1. The van der Waals surface area contributed by atoms with Gasteiger partial charge in [-0.15, -0.1) is 11.3 Å². The lowest BCUT2D eigenvalue weighted by Gasteiger charge is -2.09. The summed E-state index contributed by atoms with van der Waals surface area (Å²) >= 11 is 1.45. The second-order valence-electron chi connectivity index (χ2n) is 6.91. The number of amides is 3. The molecule has 0 saturated carbocycles. The largest absolute Gasteiger partial charge is 0.338 e. The van der Waals surface area contributed by atoms with E-state index in [1.807, 2.05) is 51.1 Å². The highest BCUT2D eigenvalue weighted by molar-refractivity contribution is 7.19. The minimum Gasteiger partial charge on any atom is -0.338 e. The molecule has 2 aromatic heterocycles. The summed E-state index contributed by atoms with van der Waals surface area (Å²) in [5.74, 6) is -0.300. The van der Waals surface area contributed by atoms with E-state index in [0.717, 1.165) is 16.0 Å². The molecule has 1 aromatic carbocycles. The number of benzene rings is 1. The molecule has 0 fully saturated rings. The Balaban J connectivity index is 1.87. The lowest BCUT2D eigenvalue weighted by molar-refractivity contribution is -0.120. The number of urea groups is 1. The zero-order valence-corrected chi connectivity index (χ0v) is 16.8. The van der Waals surface area contributed by atoms with Crippen LogP contribution in [0.4, 0.5) is 4.79 Å². The predicted octanol–water partition coefficient (Wildman–Crippen LogP) is 2.92. The van der Waals surface area contributed by atoms with Gasteiger partial charge in [-0.3, -0.25) is 19.5 Å². The van der Waals surface area contributed by atoms with E-state index >= 15 is 0 Å². The maximum absolute atomic E-state index is 13.0. The van der Waals surface area contributed by atoms with Crippen molar-refractivity contribution in [2.75, 3.05) is 6.54 Å². The number of aromatic nitrogens is 2. The van der Waals surface area contributed by atoms with Crippen LogP contribution in [0.25, 0.3) is 21.3 Å². The van der Waals surface area contributed by atoms with Crippen LogP contribution in [0, 0.1) is 12.8 Å². The van der Waals surface area contributed by atoms with Crippen molar-refractivity contribution in [3.63, 3.8) is 0 Å². The molecule has 0 aliphatic heterocycles. The van der Waals surface area contributed by atoms with E-state index in [1.54, 1.807) is 0 Å². The smallest absolute Gasteiger partial charge is 0.321 e. The summed E-state index contributed by atoms with van der Waals surface area (Å²) < 4.78 is 1.23. The Kier molecular flexibility index (Phi) is 5.89. The lowest BCUT2D eigenvalue weighted by atomic mass is 10.0. The summed E-state index contributed by atoms with van der Waals surface area (Å²) in [6.45, 7) is 6.04. The third-order valence-corrected chi connectivity index (χ3v) is 5.17. The molecule has 3 amide bonds. The topological polar surface area (TPSA) is 93.1 Å². The lowest BCUT2D eigenvalue weighted by Crippen LogP contribution is -2.43. The fourth-order valence-electron chi connectivity index (χ4n) is 2.86. The number of imide groups is 1. The SMILES string of the molecule is Cc1sc2ncn(CC(=O)NC(=O)NCC(C)C)c(=O)c2c1-c1ccccc1. The van der Waals surface area contributed by atoms with Crippen molar-refractivity contribution in [2.45, 2.75) is 27.3 Å². The summed E-state index contributed by atoms with van der Waals surface area (Å²) in [5.41, 5.74) is 1.47. The second-order valence-corrected chi connectivity index (χ2v) is 8.11. The number of fused-ring (bicyclic) bond motifs is 1. The van der Waals surface area contributed by atoms with Crippen LogP contribution < -0.4 is 16.2 Å². The van der Waals surface area contributed by atoms with Crippen molar-refractivity contribution in [3.05, 3.63) is 51.9 Å². The van der Waals surface area contributed by atoms with Gasteiger partial charge >= 0.3 is 6.03 Å². The van der Waals surface area contributed by atoms with Crippen LogP contribution in [0.2, 0.25) is 0 Å². The predicted molar refractivity (Wildman–Crippen MR) is 110 cm³/mol. The summed E-state index contributed by atoms with van der Waals surface area (Å²) in [6.07, 6.45) is 1.35. The van der Waals surface area contributed by atoms with Gasteiger partial charge in [0.15, 0.2) is 0 Å². The van der Waals surface area contributed by atoms with Gasteiger partial charge in [-0.05, 0) is 18.4 Å². The third kappa shape index (κ3) is 4.28. The van der Waals surface area contributed by atoms with Crippen LogP contribution in [0.1, 0.15) is 18.7 Å². The minimum absolute atomic E-state index is 0.272. The van der Waals surface area contributed by atoms with Gasteiger partial charge in [0.1, 0.15) is 11.4 Å². The fraction of sp³-hybridized carbons (Fsp3) is 0.300. The average molecular weight is 398 g/mol. The van der Waals surface area contributed by atoms with Crippen LogP contribution in [-0.4, -0.2) is 28.0 Å². The van der Waals surface area contributed by atoms with E-state index in [2.05, 4.69) is 15.6 Å². The quantitative estimate of drug-likeness (QED) is 0.691. The number of hydrogen-bond donors (Lipinski definition) is 2. The highest BCUT2D eigenvalue weighted by Gasteiger charge is 2.18. The van der Waals surface area contributed by atoms with E-state index in [-0.39, 0.29) is 18.0 Å². The zero-order valence-electron chi connectivity index (χ0n) is 16.0. The molecule has 2 N–H and O–H groups in total. The monoisotopic (exact) mass is 398 g/mol. The molecule has 0 radical (unpaired) electrons. The standard InChI is InChI=1S/C20H22N4O3S/c1-12(2)9-21-20(27)23-15(25)10-24-11-22-18-17(19(24)26)16(13(3)28-18)14-7-5-4-6-8-14/h4-8,11-12H,9-10H2,1-3H3,(H2,21,23,25,27). The molecule has 0 spiro atoms. The zero-order chi connectivity index (χ0) is 20.3. The molecule has 3 rings (SSSR count). The Morgan fingerprint density at radius 3 is 2.61 bits per heavy atom. The first-order chi connectivity index (χ1) is 13.4. The molecule has 7 nitrogen and oxygen atoms in total. The molecule has 8 heteroatoms. The number of nitrogens with zero attached hydrogens (tertiary/aromatic N) is 2. The van der Waals surface area contributed by atoms with Crippen LogP contribution >= 0.6 is 11.3 Å². The van der Waals surface area contributed by atoms with Gasteiger partial charge in [0.2, 0.25) is 5.91 Å². The number of carbonyl (C=O) groups excluding carboxylic acids is 2. The van der Waals surface area contributed by atoms with Gasteiger partial charge in [0, 0.05) is 17.0 Å².